The summed E-state index contributed by atoms with van der Waals surface area (Å²) in [5, 5.41) is 6.93. The first kappa shape index (κ1) is 20.8. The van der Waals surface area contributed by atoms with Gasteiger partial charge < -0.3 is 15.5 Å². The molecule has 0 saturated heterocycles. The molecule has 0 spiro atoms. The zero-order valence-corrected chi connectivity index (χ0v) is 18.0. The number of amides is 1. The smallest absolute Gasteiger partial charge is 0.300 e. The highest BCUT2D eigenvalue weighted by Crippen LogP contribution is 2.26. The molecule has 1 amide bonds. The van der Waals surface area contributed by atoms with Gasteiger partial charge in [-0.05, 0) is 69.4 Å². The Bertz CT molecular complexity index is 1070. The summed E-state index contributed by atoms with van der Waals surface area (Å²) >= 11 is 3.47. The van der Waals surface area contributed by atoms with Crippen LogP contribution in [0.25, 0.3) is 10.9 Å². The third-order valence-corrected chi connectivity index (χ3v) is 4.58. The van der Waals surface area contributed by atoms with Gasteiger partial charge in [0.15, 0.2) is 0 Å². The van der Waals surface area contributed by atoms with Gasteiger partial charge in [-0.2, -0.15) is 0 Å². The largest absolute Gasteiger partial charge is 0.340 e. The lowest BCUT2D eigenvalue weighted by Crippen LogP contribution is -2.12. The molecule has 0 aliphatic heterocycles. The average molecular weight is 452 g/mol. The molecule has 1 aromatic heterocycles. The molecular weight excluding hydrogens is 430 g/mol. The van der Waals surface area contributed by atoms with Crippen molar-refractivity contribution in [3.63, 3.8) is 0 Å². The van der Waals surface area contributed by atoms with E-state index in [4.69, 9.17) is 0 Å². The standard InChI is InChI=1S/C22H22BrN5O/c1-28(2)12-5-3-4-9-21(29)26-18-10-11-20-19(14-18)22(25-15-24-20)27-17-8-6-7-16(23)13-17/h6-8,10-11,13-15H,3,5,12H2,1-2H3,(H,26,29)(H,24,25,27). The number of rotatable bonds is 6. The number of nitrogens with one attached hydrogen (secondary N) is 2. The van der Waals surface area contributed by atoms with Crippen LogP contribution in [0, 0.1) is 11.8 Å². The van der Waals surface area contributed by atoms with Crippen LogP contribution < -0.4 is 10.6 Å². The van der Waals surface area contributed by atoms with Crippen LogP contribution in [0.4, 0.5) is 17.2 Å². The van der Waals surface area contributed by atoms with E-state index < -0.39 is 0 Å². The lowest BCUT2D eigenvalue weighted by atomic mass is 10.2. The average Bonchev–Trinajstić information content (AvgIpc) is 2.68. The fraction of sp³-hybridized carbons (Fsp3) is 0.227. The Morgan fingerprint density at radius 1 is 1.14 bits per heavy atom. The molecular formula is C22H22BrN5O. The van der Waals surface area contributed by atoms with E-state index in [-0.39, 0.29) is 5.91 Å². The van der Waals surface area contributed by atoms with Gasteiger partial charge in [0.05, 0.1) is 5.52 Å². The molecule has 0 aliphatic rings. The molecule has 0 radical (unpaired) electrons. The summed E-state index contributed by atoms with van der Waals surface area (Å²) in [5.41, 5.74) is 2.33. The van der Waals surface area contributed by atoms with E-state index in [1.54, 1.807) is 0 Å². The zero-order chi connectivity index (χ0) is 20.6. The van der Waals surface area contributed by atoms with Crippen molar-refractivity contribution in [1.82, 2.24) is 14.9 Å². The summed E-state index contributed by atoms with van der Waals surface area (Å²) in [6.45, 7) is 0.953. The van der Waals surface area contributed by atoms with Crippen LogP contribution in [0.15, 0.2) is 53.3 Å². The summed E-state index contributed by atoms with van der Waals surface area (Å²) in [7, 11) is 4.03. The monoisotopic (exact) mass is 451 g/mol. The molecule has 7 heteroatoms. The maximum Gasteiger partial charge on any atom is 0.300 e. The van der Waals surface area contributed by atoms with Crippen LogP contribution in [0.3, 0.4) is 0 Å². The highest BCUT2D eigenvalue weighted by Gasteiger charge is 2.07. The van der Waals surface area contributed by atoms with E-state index >= 15 is 0 Å². The topological polar surface area (TPSA) is 70.2 Å². The van der Waals surface area contributed by atoms with E-state index in [1.807, 2.05) is 56.6 Å². The van der Waals surface area contributed by atoms with Gasteiger partial charge in [0.1, 0.15) is 12.1 Å². The second kappa shape index (κ2) is 10.0. The normalized spacial score (nSPS) is 10.5. The maximum atomic E-state index is 12.1. The molecule has 2 N–H and O–H groups in total. The predicted molar refractivity (Wildman–Crippen MR) is 121 cm³/mol. The van der Waals surface area contributed by atoms with E-state index in [2.05, 4.69) is 53.3 Å². The minimum Gasteiger partial charge on any atom is -0.340 e. The van der Waals surface area contributed by atoms with Gasteiger partial charge >= 0.3 is 0 Å². The van der Waals surface area contributed by atoms with Crippen LogP contribution in [0.2, 0.25) is 0 Å². The third kappa shape index (κ3) is 6.28. The Kier molecular flexibility index (Phi) is 7.17. The van der Waals surface area contributed by atoms with Crippen molar-refractivity contribution in [1.29, 1.82) is 0 Å². The number of benzene rings is 2. The molecule has 0 saturated carbocycles. The summed E-state index contributed by atoms with van der Waals surface area (Å²) in [5.74, 6) is 5.90. The molecule has 6 nitrogen and oxygen atoms in total. The van der Waals surface area contributed by atoms with Crippen LogP contribution in [0.5, 0.6) is 0 Å². The summed E-state index contributed by atoms with van der Waals surface area (Å²) in [6.07, 6.45) is 3.14. The molecule has 0 atom stereocenters. The molecule has 3 aromatic rings. The lowest BCUT2D eigenvalue weighted by molar-refractivity contribution is -0.111. The van der Waals surface area contributed by atoms with Gasteiger partial charge in [-0.1, -0.05) is 27.9 Å². The molecule has 0 unspecified atom stereocenters. The summed E-state index contributed by atoms with van der Waals surface area (Å²) in [6, 6.07) is 13.3. The van der Waals surface area contributed by atoms with Gasteiger partial charge in [0, 0.05) is 27.7 Å². The van der Waals surface area contributed by atoms with Crippen molar-refractivity contribution < 1.29 is 4.79 Å². The quantitative estimate of drug-likeness (QED) is 0.428. The minimum absolute atomic E-state index is 0.326. The Balaban J connectivity index is 1.73. The predicted octanol–water partition coefficient (Wildman–Crippen LogP) is 4.42. The van der Waals surface area contributed by atoms with Gasteiger partial charge in [0.25, 0.3) is 5.91 Å². The second-order valence-corrected chi connectivity index (χ2v) is 7.67. The summed E-state index contributed by atoms with van der Waals surface area (Å²) in [4.78, 5) is 22.9. The first-order valence-electron chi connectivity index (χ1n) is 9.23. The van der Waals surface area contributed by atoms with E-state index in [0.717, 1.165) is 34.0 Å². The molecule has 148 valence electrons. The van der Waals surface area contributed by atoms with Crippen molar-refractivity contribution in [2.45, 2.75) is 12.8 Å². The van der Waals surface area contributed by atoms with Gasteiger partial charge in [-0.25, -0.2) is 9.97 Å². The Labute approximate surface area is 178 Å². The number of hydrogen-bond acceptors (Lipinski definition) is 5. The first-order chi connectivity index (χ1) is 14.0. The number of halogens is 1. The van der Waals surface area contributed by atoms with Crippen LogP contribution >= 0.6 is 15.9 Å². The number of aromatic nitrogens is 2. The molecule has 0 fully saturated rings. The Hall–Kier alpha value is -2.95. The number of anilines is 3. The molecule has 3 rings (SSSR count). The highest BCUT2D eigenvalue weighted by atomic mass is 79.9. The van der Waals surface area contributed by atoms with Crippen LogP contribution in [-0.4, -0.2) is 41.4 Å². The van der Waals surface area contributed by atoms with Crippen molar-refractivity contribution in [3.8, 4) is 11.8 Å². The zero-order valence-electron chi connectivity index (χ0n) is 16.4. The number of carbonyl (C=O) groups is 1. The lowest BCUT2D eigenvalue weighted by Gasteiger charge is -2.10. The van der Waals surface area contributed by atoms with Crippen LogP contribution in [-0.2, 0) is 4.79 Å². The van der Waals surface area contributed by atoms with Crippen molar-refractivity contribution in [2.75, 3.05) is 31.3 Å². The molecule has 29 heavy (non-hydrogen) atoms. The second-order valence-electron chi connectivity index (χ2n) is 6.75. The molecule has 0 bridgehead atoms. The highest BCUT2D eigenvalue weighted by molar-refractivity contribution is 9.10. The number of hydrogen-bond donors (Lipinski definition) is 2. The van der Waals surface area contributed by atoms with E-state index in [1.165, 1.54) is 6.33 Å². The number of carbonyl (C=O) groups excluding carboxylic acids is 1. The van der Waals surface area contributed by atoms with E-state index in [0.29, 0.717) is 17.9 Å². The SMILES string of the molecule is CN(C)CCCC#CC(=O)Nc1ccc2ncnc(Nc3cccc(Br)c3)c2c1. The molecule has 0 aliphatic carbocycles. The van der Waals surface area contributed by atoms with Crippen molar-refractivity contribution in [2.24, 2.45) is 0 Å². The van der Waals surface area contributed by atoms with Crippen molar-refractivity contribution >= 4 is 49.9 Å². The molecule has 1 heterocycles. The fourth-order valence-corrected chi connectivity index (χ4v) is 3.12. The van der Waals surface area contributed by atoms with Gasteiger partial charge in [-0.3, -0.25) is 4.79 Å². The minimum atomic E-state index is -0.326. The number of unbranched alkanes of at least 4 members (excludes halogenated alkanes) is 1. The number of fused-ring (bicyclic) bond motifs is 1. The number of nitrogens with zero attached hydrogens (tertiary/aromatic N) is 3. The molecule has 2 aromatic carbocycles. The third-order valence-electron chi connectivity index (χ3n) is 4.09. The maximum absolute atomic E-state index is 12.1. The van der Waals surface area contributed by atoms with Crippen molar-refractivity contribution in [3.05, 3.63) is 53.3 Å². The van der Waals surface area contributed by atoms with Crippen LogP contribution in [0.1, 0.15) is 12.8 Å². The fourth-order valence-electron chi connectivity index (χ4n) is 2.73. The summed E-state index contributed by atoms with van der Waals surface area (Å²) < 4.78 is 0.970. The Morgan fingerprint density at radius 2 is 2.00 bits per heavy atom. The first-order valence-corrected chi connectivity index (χ1v) is 10.0. The Morgan fingerprint density at radius 3 is 2.79 bits per heavy atom. The van der Waals surface area contributed by atoms with E-state index in [9.17, 15) is 4.79 Å². The van der Waals surface area contributed by atoms with Gasteiger partial charge in [0.2, 0.25) is 0 Å². The van der Waals surface area contributed by atoms with Gasteiger partial charge in [-0.15, -0.1) is 0 Å².